The van der Waals surface area contributed by atoms with E-state index in [1.165, 1.54) is 28.2 Å². The molecule has 0 aliphatic rings. The number of aromatic nitrogens is 3. The fraction of sp³-hybridized carbons (Fsp3) is 0.190. The predicted molar refractivity (Wildman–Crippen MR) is 117 cm³/mol. The Balaban J connectivity index is 1.85. The second-order valence-electron chi connectivity index (χ2n) is 6.72. The number of hydrogen-bond donors (Lipinski definition) is 0. The largest absolute Gasteiger partial charge is 0.493 e. The number of methoxy groups -OCH3 is 2. The molecule has 158 valence electrons. The van der Waals surface area contributed by atoms with E-state index in [1.807, 2.05) is 13.0 Å². The van der Waals surface area contributed by atoms with Crippen molar-refractivity contribution in [3.8, 4) is 22.8 Å². The molecule has 2 aromatic heterocycles. The van der Waals surface area contributed by atoms with Gasteiger partial charge in [-0.25, -0.2) is 9.67 Å². The molecule has 0 amide bonds. The number of nitro benzene ring substituents is 1. The lowest BCUT2D eigenvalue weighted by atomic mass is 10.1. The SMILES string of the molecule is COc1ccc(-c2nn(Cc3ccc([N+](=O)[O-])cc3)c(=O)c3nc(C)sc23)cc1OC. The molecule has 0 aliphatic heterocycles. The Kier molecular flexibility index (Phi) is 5.38. The molecule has 10 heteroatoms. The van der Waals surface area contributed by atoms with Gasteiger partial charge in [0.2, 0.25) is 0 Å². The number of ether oxygens (including phenoxy) is 2. The number of nitrogens with zero attached hydrogens (tertiary/aromatic N) is 4. The smallest absolute Gasteiger partial charge is 0.294 e. The van der Waals surface area contributed by atoms with Gasteiger partial charge in [-0.3, -0.25) is 14.9 Å². The van der Waals surface area contributed by atoms with Crippen LogP contribution in [0.15, 0.2) is 47.3 Å². The van der Waals surface area contributed by atoms with Gasteiger partial charge in [-0.1, -0.05) is 12.1 Å². The third kappa shape index (κ3) is 3.84. The van der Waals surface area contributed by atoms with Crippen molar-refractivity contribution >= 4 is 27.2 Å². The van der Waals surface area contributed by atoms with Crippen LogP contribution in [0.25, 0.3) is 21.5 Å². The Morgan fingerprint density at radius 3 is 2.45 bits per heavy atom. The Morgan fingerprint density at radius 1 is 1.10 bits per heavy atom. The van der Waals surface area contributed by atoms with E-state index in [-0.39, 0.29) is 17.8 Å². The summed E-state index contributed by atoms with van der Waals surface area (Å²) in [6, 6.07) is 11.5. The van der Waals surface area contributed by atoms with Crippen molar-refractivity contribution < 1.29 is 14.4 Å². The predicted octanol–water partition coefficient (Wildman–Crippen LogP) is 3.80. The van der Waals surface area contributed by atoms with Crippen LogP contribution < -0.4 is 15.0 Å². The lowest BCUT2D eigenvalue weighted by molar-refractivity contribution is -0.384. The highest BCUT2D eigenvalue weighted by molar-refractivity contribution is 7.19. The van der Waals surface area contributed by atoms with Crippen LogP contribution in [0.4, 0.5) is 5.69 Å². The third-order valence-corrected chi connectivity index (χ3v) is 5.72. The van der Waals surface area contributed by atoms with Crippen molar-refractivity contribution in [3.05, 3.63) is 73.5 Å². The average molecular weight is 438 g/mol. The van der Waals surface area contributed by atoms with E-state index in [2.05, 4.69) is 10.1 Å². The van der Waals surface area contributed by atoms with E-state index in [0.717, 1.165) is 10.6 Å². The first-order valence-electron chi connectivity index (χ1n) is 9.25. The molecule has 4 rings (SSSR count). The fourth-order valence-electron chi connectivity index (χ4n) is 3.24. The first-order valence-corrected chi connectivity index (χ1v) is 10.1. The summed E-state index contributed by atoms with van der Waals surface area (Å²) in [6.07, 6.45) is 0. The molecule has 0 fully saturated rings. The molecule has 0 bridgehead atoms. The van der Waals surface area contributed by atoms with Crippen molar-refractivity contribution in [1.82, 2.24) is 14.8 Å². The van der Waals surface area contributed by atoms with E-state index in [0.29, 0.717) is 33.0 Å². The number of aryl methyl sites for hydroxylation is 1. The lowest BCUT2D eigenvalue weighted by Crippen LogP contribution is -2.24. The monoisotopic (exact) mass is 438 g/mol. The van der Waals surface area contributed by atoms with E-state index in [9.17, 15) is 14.9 Å². The van der Waals surface area contributed by atoms with Crippen molar-refractivity contribution in [2.45, 2.75) is 13.5 Å². The van der Waals surface area contributed by atoms with Crippen LogP contribution in [0, 0.1) is 17.0 Å². The van der Waals surface area contributed by atoms with Gasteiger partial charge in [0.25, 0.3) is 11.2 Å². The van der Waals surface area contributed by atoms with Crippen molar-refractivity contribution in [1.29, 1.82) is 0 Å². The maximum Gasteiger partial charge on any atom is 0.294 e. The highest BCUT2D eigenvalue weighted by atomic mass is 32.1. The number of rotatable bonds is 6. The molecule has 0 atom stereocenters. The number of nitro groups is 1. The molecule has 0 N–H and O–H groups in total. The van der Waals surface area contributed by atoms with Crippen LogP contribution in [0.1, 0.15) is 10.6 Å². The van der Waals surface area contributed by atoms with Gasteiger partial charge in [-0.05, 0) is 30.7 Å². The first kappa shape index (κ1) is 20.5. The van der Waals surface area contributed by atoms with E-state index in [4.69, 9.17) is 9.47 Å². The van der Waals surface area contributed by atoms with Gasteiger partial charge in [-0.2, -0.15) is 5.10 Å². The Hall–Kier alpha value is -3.79. The quantitative estimate of drug-likeness (QED) is 0.333. The topological polar surface area (TPSA) is 109 Å². The summed E-state index contributed by atoms with van der Waals surface area (Å²) in [7, 11) is 3.11. The summed E-state index contributed by atoms with van der Waals surface area (Å²) in [5, 5.41) is 16.3. The number of thiazole rings is 1. The third-order valence-electron chi connectivity index (χ3n) is 4.74. The minimum atomic E-state index is -0.465. The van der Waals surface area contributed by atoms with Crippen LogP contribution in [0.3, 0.4) is 0 Å². The van der Waals surface area contributed by atoms with Crippen LogP contribution in [-0.2, 0) is 6.54 Å². The number of hydrogen-bond acceptors (Lipinski definition) is 8. The number of non-ortho nitro benzene ring substituents is 1. The van der Waals surface area contributed by atoms with Crippen LogP contribution in [-0.4, -0.2) is 33.9 Å². The number of benzene rings is 2. The lowest BCUT2D eigenvalue weighted by Gasteiger charge is -2.11. The van der Waals surface area contributed by atoms with Gasteiger partial charge in [0.05, 0.1) is 35.4 Å². The van der Waals surface area contributed by atoms with Gasteiger partial charge in [-0.15, -0.1) is 11.3 Å². The standard InChI is InChI=1S/C21H18N4O5S/c1-12-22-19-20(31-12)18(14-6-9-16(29-2)17(10-14)30-3)23-24(21(19)26)11-13-4-7-15(8-5-13)25(27)28/h4-10H,11H2,1-3H3. The summed E-state index contributed by atoms with van der Waals surface area (Å²) >= 11 is 1.40. The summed E-state index contributed by atoms with van der Waals surface area (Å²) in [4.78, 5) is 27.9. The van der Waals surface area contributed by atoms with Gasteiger partial charge in [0.1, 0.15) is 5.69 Å². The zero-order valence-electron chi connectivity index (χ0n) is 17.0. The minimum Gasteiger partial charge on any atom is -0.493 e. The first-order chi connectivity index (χ1) is 14.9. The van der Waals surface area contributed by atoms with Crippen LogP contribution in [0.2, 0.25) is 0 Å². The zero-order chi connectivity index (χ0) is 22.1. The molecular formula is C21H18N4O5S. The molecule has 0 aliphatic carbocycles. The maximum atomic E-state index is 13.0. The molecule has 9 nitrogen and oxygen atoms in total. The van der Waals surface area contributed by atoms with Crippen LogP contribution in [0.5, 0.6) is 11.5 Å². The van der Waals surface area contributed by atoms with E-state index >= 15 is 0 Å². The molecule has 31 heavy (non-hydrogen) atoms. The van der Waals surface area contributed by atoms with Crippen molar-refractivity contribution in [3.63, 3.8) is 0 Å². The molecule has 0 unspecified atom stereocenters. The second-order valence-corrected chi connectivity index (χ2v) is 7.92. The van der Waals surface area contributed by atoms with Gasteiger partial charge in [0.15, 0.2) is 17.0 Å². The molecule has 0 radical (unpaired) electrons. The Labute approximate surface area is 180 Å². The molecule has 0 saturated heterocycles. The zero-order valence-corrected chi connectivity index (χ0v) is 17.8. The summed E-state index contributed by atoms with van der Waals surface area (Å²) in [6.45, 7) is 1.99. The highest BCUT2D eigenvalue weighted by Gasteiger charge is 2.18. The van der Waals surface area contributed by atoms with Crippen molar-refractivity contribution in [2.75, 3.05) is 14.2 Å². The fourth-order valence-corrected chi connectivity index (χ4v) is 4.16. The molecule has 0 spiro atoms. The Morgan fingerprint density at radius 2 is 1.81 bits per heavy atom. The van der Waals surface area contributed by atoms with E-state index in [1.54, 1.807) is 38.5 Å². The minimum absolute atomic E-state index is 0.0133. The molecule has 0 saturated carbocycles. The van der Waals surface area contributed by atoms with Gasteiger partial charge in [0, 0.05) is 17.7 Å². The normalized spacial score (nSPS) is 10.9. The van der Waals surface area contributed by atoms with Crippen LogP contribution >= 0.6 is 11.3 Å². The second kappa shape index (κ2) is 8.15. The molecule has 2 aromatic carbocycles. The van der Waals surface area contributed by atoms with Gasteiger partial charge < -0.3 is 9.47 Å². The molecule has 2 heterocycles. The molecule has 4 aromatic rings. The number of fused-ring (bicyclic) bond motifs is 1. The van der Waals surface area contributed by atoms with E-state index < -0.39 is 4.92 Å². The highest BCUT2D eigenvalue weighted by Crippen LogP contribution is 2.35. The summed E-state index contributed by atoms with van der Waals surface area (Å²) in [5.41, 5.74) is 2.07. The van der Waals surface area contributed by atoms with Crippen molar-refractivity contribution in [2.24, 2.45) is 0 Å². The molecular weight excluding hydrogens is 420 g/mol. The van der Waals surface area contributed by atoms with Gasteiger partial charge >= 0.3 is 0 Å². The maximum absolute atomic E-state index is 13.0. The summed E-state index contributed by atoms with van der Waals surface area (Å²) in [5.74, 6) is 1.13. The average Bonchev–Trinajstić information content (AvgIpc) is 3.17. The Bertz CT molecular complexity index is 1340. The summed E-state index contributed by atoms with van der Waals surface area (Å²) < 4.78 is 12.7.